The maximum atomic E-state index is 12.3. The summed E-state index contributed by atoms with van der Waals surface area (Å²) in [6, 6.07) is 8.17. The predicted molar refractivity (Wildman–Crippen MR) is 84.1 cm³/mol. The Morgan fingerprint density at radius 2 is 2.10 bits per heavy atom. The van der Waals surface area contributed by atoms with E-state index in [1.165, 1.54) is 11.1 Å². The van der Waals surface area contributed by atoms with Crippen LogP contribution in [0, 0.1) is 5.41 Å². The normalized spacial score (nSPS) is 18.1. The van der Waals surface area contributed by atoms with Crippen molar-refractivity contribution in [3.63, 3.8) is 0 Å². The quantitative estimate of drug-likeness (QED) is 0.841. The number of hydrogen-bond acceptors (Lipinski definition) is 3. The zero-order chi connectivity index (χ0) is 15.3. The number of ether oxygens (including phenoxy) is 1. The molecule has 1 heterocycles. The van der Waals surface area contributed by atoms with Crippen LogP contribution in [-0.4, -0.2) is 32.2 Å². The summed E-state index contributed by atoms with van der Waals surface area (Å²) < 4.78 is 5.11. The number of carbonyl (C=O) groups is 1. The molecule has 0 saturated carbocycles. The van der Waals surface area contributed by atoms with Gasteiger partial charge in [0, 0.05) is 26.8 Å². The summed E-state index contributed by atoms with van der Waals surface area (Å²) in [5.41, 5.74) is 2.62. The second-order valence-corrected chi connectivity index (χ2v) is 6.53. The standard InChI is InChI=1S/C17H26N2O2/c1-17(2,8-9-21-3)12-19-16(20)15-10-13-6-4-5-7-14(13)11-18-15/h4-7,15,18H,8-12H2,1-3H3,(H,19,20). The van der Waals surface area contributed by atoms with Gasteiger partial charge in [-0.2, -0.15) is 0 Å². The van der Waals surface area contributed by atoms with E-state index in [1.807, 2.05) is 12.1 Å². The fraction of sp³-hybridized carbons (Fsp3) is 0.588. The summed E-state index contributed by atoms with van der Waals surface area (Å²) in [4.78, 5) is 12.3. The molecule has 2 rings (SSSR count). The first-order valence-corrected chi connectivity index (χ1v) is 7.59. The maximum absolute atomic E-state index is 12.3. The Morgan fingerprint density at radius 3 is 2.81 bits per heavy atom. The van der Waals surface area contributed by atoms with Gasteiger partial charge < -0.3 is 15.4 Å². The van der Waals surface area contributed by atoms with Crippen molar-refractivity contribution in [2.45, 2.75) is 39.3 Å². The first kappa shape index (κ1) is 16.0. The van der Waals surface area contributed by atoms with E-state index in [4.69, 9.17) is 4.74 Å². The Balaban J connectivity index is 1.85. The second kappa shape index (κ2) is 7.05. The van der Waals surface area contributed by atoms with E-state index in [-0.39, 0.29) is 17.4 Å². The summed E-state index contributed by atoms with van der Waals surface area (Å²) in [6.07, 6.45) is 1.70. The zero-order valence-electron chi connectivity index (χ0n) is 13.2. The fourth-order valence-electron chi connectivity index (χ4n) is 2.56. The molecular formula is C17H26N2O2. The largest absolute Gasteiger partial charge is 0.385 e. The summed E-state index contributed by atoms with van der Waals surface area (Å²) >= 11 is 0. The molecule has 4 nitrogen and oxygen atoms in total. The number of hydrogen-bond donors (Lipinski definition) is 2. The molecule has 21 heavy (non-hydrogen) atoms. The van der Waals surface area contributed by atoms with Crippen molar-refractivity contribution in [1.29, 1.82) is 0 Å². The molecule has 0 spiro atoms. The lowest BCUT2D eigenvalue weighted by molar-refractivity contribution is -0.123. The Morgan fingerprint density at radius 1 is 1.38 bits per heavy atom. The first-order valence-electron chi connectivity index (χ1n) is 7.59. The van der Waals surface area contributed by atoms with E-state index >= 15 is 0 Å². The number of carbonyl (C=O) groups excluding carboxylic acids is 1. The highest BCUT2D eigenvalue weighted by atomic mass is 16.5. The van der Waals surface area contributed by atoms with Crippen LogP contribution < -0.4 is 10.6 Å². The van der Waals surface area contributed by atoms with Crippen LogP contribution in [0.5, 0.6) is 0 Å². The third-order valence-corrected chi connectivity index (χ3v) is 4.12. The Labute approximate surface area is 127 Å². The van der Waals surface area contributed by atoms with Crippen molar-refractivity contribution in [2.24, 2.45) is 5.41 Å². The van der Waals surface area contributed by atoms with Gasteiger partial charge in [0.25, 0.3) is 0 Å². The molecule has 0 fully saturated rings. The van der Waals surface area contributed by atoms with Crippen molar-refractivity contribution in [3.05, 3.63) is 35.4 Å². The number of amides is 1. The van der Waals surface area contributed by atoms with Crippen LogP contribution in [0.2, 0.25) is 0 Å². The van der Waals surface area contributed by atoms with Gasteiger partial charge in [0.1, 0.15) is 0 Å². The van der Waals surface area contributed by atoms with Crippen molar-refractivity contribution in [2.75, 3.05) is 20.3 Å². The lowest BCUT2D eigenvalue weighted by Crippen LogP contribution is -2.49. The van der Waals surface area contributed by atoms with Gasteiger partial charge in [0.05, 0.1) is 6.04 Å². The van der Waals surface area contributed by atoms with E-state index in [0.717, 1.165) is 26.0 Å². The van der Waals surface area contributed by atoms with E-state index in [1.54, 1.807) is 7.11 Å². The van der Waals surface area contributed by atoms with Crippen molar-refractivity contribution in [1.82, 2.24) is 10.6 Å². The van der Waals surface area contributed by atoms with Crippen LogP contribution in [-0.2, 0) is 22.5 Å². The average Bonchev–Trinajstić information content (AvgIpc) is 2.50. The highest BCUT2D eigenvalue weighted by Crippen LogP contribution is 2.20. The molecule has 0 saturated heterocycles. The molecule has 1 atom stereocenters. The first-order chi connectivity index (χ1) is 10.0. The monoisotopic (exact) mass is 290 g/mol. The lowest BCUT2D eigenvalue weighted by Gasteiger charge is -2.28. The van der Waals surface area contributed by atoms with Crippen LogP contribution in [0.1, 0.15) is 31.4 Å². The molecule has 1 aliphatic rings. The minimum absolute atomic E-state index is 0.0538. The smallest absolute Gasteiger partial charge is 0.237 e. The summed E-state index contributed by atoms with van der Waals surface area (Å²) in [7, 11) is 1.71. The lowest BCUT2D eigenvalue weighted by atomic mass is 9.89. The van der Waals surface area contributed by atoms with Gasteiger partial charge in [-0.1, -0.05) is 38.1 Å². The number of benzene rings is 1. The summed E-state index contributed by atoms with van der Waals surface area (Å²) in [5, 5.41) is 6.39. The number of fused-ring (bicyclic) bond motifs is 1. The molecule has 0 aromatic heterocycles. The van der Waals surface area contributed by atoms with Crippen LogP contribution in [0.3, 0.4) is 0 Å². The van der Waals surface area contributed by atoms with Crippen LogP contribution in [0.15, 0.2) is 24.3 Å². The highest BCUT2D eigenvalue weighted by Gasteiger charge is 2.25. The summed E-state index contributed by atoms with van der Waals surface area (Å²) in [6.45, 7) is 6.46. The van der Waals surface area contributed by atoms with Gasteiger partial charge in [-0.05, 0) is 29.4 Å². The van der Waals surface area contributed by atoms with Gasteiger partial charge in [-0.3, -0.25) is 4.79 Å². The van der Waals surface area contributed by atoms with E-state index in [0.29, 0.717) is 6.54 Å². The van der Waals surface area contributed by atoms with Gasteiger partial charge in [-0.25, -0.2) is 0 Å². The topological polar surface area (TPSA) is 50.4 Å². The van der Waals surface area contributed by atoms with Gasteiger partial charge in [0.15, 0.2) is 0 Å². The second-order valence-electron chi connectivity index (χ2n) is 6.53. The third-order valence-electron chi connectivity index (χ3n) is 4.12. The van der Waals surface area contributed by atoms with Gasteiger partial charge in [0.2, 0.25) is 5.91 Å². The molecular weight excluding hydrogens is 264 g/mol. The number of rotatable bonds is 6. The Kier molecular flexibility index (Phi) is 5.37. The molecule has 1 aliphatic heterocycles. The molecule has 116 valence electrons. The van der Waals surface area contributed by atoms with Crippen LogP contribution >= 0.6 is 0 Å². The van der Waals surface area contributed by atoms with E-state index < -0.39 is 0 Å². The minimum Gasteiger partial charge on any atom is -0.385 e. The molecule has 1 aromatic rings. The summed E-state index contributed by atoms with van der Waals surface area (Å²) in [5.74, 6) is 0.0926. The molecule has 0 aliphatic carbocycles. The Hall–Kier alpha value is -1.39. The molecule has 1 amide bonds. The zero-order valence-corrected chi connectivity index (χ0v) is 13.2. The van der Waals surface area contributed by atoms with Crippen LogP contribution in [0.4, 0.5) is 0 Å². The minimum atomic E-state index is -0.127. The van der Waals surface area contributed by atoms with Crippen LogP contribution in [0.25, 0.3) is 0 Å². The molecule has 1 aromatic carbocycles. The number of nitrogens with one attached hydrogen (secondary N) is 2. The highest BCUT2D eigenvalue weighted by molar-refractivity contribution is 5.82. The number of methoxy groups -OCH3 is 1. The SMILES string of the molecule is COCCC(C)(C)CNC(=O)C1Cc2ccccc2CN1. The molecule has 2 N–H and O–H groups in total. The van der Waals surface area contributed by atoms with Crippen molar-refractivity contribution < 1.29 is 9.53 Å². The van der Waals surface area contributed by atoms with E-state index in [2.05, 4.69) is 36.6 Å². The van der Waals surface area contributed by atoms with Gasteiger partial charge >= 0.3 is 0 Å². The van der Waals surface area contributed by atoms with E-state index in [9.17, 15) is 4.79 Å². The fourth-order valence-corrected chi connectivity index (χ4v) is 2.56. The van der Waals surface area contributed by atoms with Crippen molar-refractivity contribution in [3.8, 4) is 0 Å². The molecule has 4 heteroatoms. The molecule has 0 bridgehead atoms. The van der Waals surface area contributed by atoms with Crippen molar-refractivity contribution >= 4 is 5.91 Å². The molecule has 1 unspecified atom stereocenters. The van der Waals surface area contributed by atoms with Gasteiger partial charge in [-0.15, -0.1) is 0 Å². The third kappa shape index (κ3) is 4.55. The average molecular weight is 290 g/mol. The maximum Gasteiger partial charge on any atom is 0.237 e. The predicted octanol–water partition coefficient (Wildman–Crippen LogP) is 1.88. The molecule has 0 radical (unpaired) electrons. The Bertz CT molecular complexity index is 485.